The molecule has 2 aromatic heterocycles. The number of rotatable bonds is 4. The highest BCUT2D eigenvalue weighted by Crippen LogP contribution is 2.15. The lowest BCUT2D eigenvalue weighted by Crippen LogP contribution is -2.04. The Morgan fingerprint density at radius 1 is 1.32 bits per heavy atom. The third-order valence-corrected chi connectivity index (χ3v) is 2.88. The summed E-state index contributed by atoms with van der Waals surface area (Å²) in [7, 11) is 1.39. The van der Waals surface area contributed by atoms with Crippen LogP contribution in [0, 0.1) is 19.7 Å². The van der Waals surface area contributed by atoms with Gasteiger partial charge in [-0.2, -0.15) is 0 Å². The van der Waals surface area contributed by atoms with Gasteiger partial charge in [0.2, 0.25) is 5.88 Å². The maximum Gasteiger partial charge on any atom is 0.250 e. The minimum atomic E-state index is -0.463. The van der Waals surface area contributed by atoms with Crippen molar-refractivity contribution in [3.8, 4) is 5.88 Å². The number of pyridine rings is 2. The minimum Gasteiger partial charge on any atom is -0.479 e. The molecule has 2 aromatic rings. The molecule has 4 nitrogen and oxygen atoms in total. The Morgan fingerprint density at radius 2 is 2.11 bits per heavy atom. The van der Waals surface area contributed by atoms with Crippen LogP contribution in [0.1, 0.15) is 16.8 Å². The number of nitrogens with one attached hydrogen (secondary N) is 1. The molecule has 0 atom stereocenters. The number of nitrogens with zero attached hydrogens (tertiary/aromatic N) is 2. The van der Waals surface area contributed by atoms with Gasteiger partial charge >= 0.3 is 0 Å². The molecule has 0 bridgehead atoms. The van der Waals surface area contributed by atoms with Crippen molar-refractivity contribution >= 4 is 5.82 Å². The zero-order chi connectivity index (χ0) is 13.8. The van der Waals surface area contributed by atoms with Crippen molar-refractivity contribution in [3.05, 3.63) is 47.0 Å². The standard InChI is InChI=1S/C14H16FN3O/c1-9-4-5-13(18-10(9)2)16-7-11-6-12(15)14(19-3)17-8-11/h4-6,8H,7H2,1-3H3,(H,16,18). The molecule has 1 N–H and O–H groups in total. The second-order valence-corrected chi connectivity index (χ2v) is 4.29. The summed E-state index contributed by atoms with van der Waals surface area (Å²) in [6, 6.07) is 5.30. The second kappa shape index (κ2) is 5.65. The molecule has 2 heterocycles. The molecule has 0 unspecified atom stereocenters. The Hall–Kier alpha value is -2.17. The first-order valence-electron chi connectivity index (χ1n) is 5.96. The highest BCUT2D eigenvalue weighted by Gasteiger charge is 2.05. The lowest BCUT2D eigenvalue weighted by atomic mass is 10.2. The van der Waals surface area contributed by atoms with E-state index in [0.717, 1.165) is 22.6 Å². The first-order chi connectivity index (χ1) is 9.10. The van der Waals surface area contributed by atoms with Crippen LogP contribution >= 0.6 is 0 Å². The molecule has 100 valence electrons. The van der Waals surface area contributed by atoms with Gasteiger partial charge in [0, 0.05) is 18.4 Å². The monoisotopic (exact) mass is 261 g/mol. The highest BCUT2D eigenvalue weighted by atomic mass is 19.1. The van der Waals surface area contributed by atoms with Crippen molar-refractivity contribution in [2.45, 2.75) is 20.4 Å². The number of methoxy groups -OCH3 is 1. The zero-order valence-corrected chi connectivity index (χ0v) is 11.2. The fourth-order valence-corrected chi connectivity index (χ4v) is 1.63. The average Bonchev–Trinajstić information content (AvgIpc) is 2.40. The van der Waals surface area contributed by atoms with E-state index in [2.05, 4.69) is 15.3 Å². The number of hydrogen-bond acceptors (Lipinski definition) is 4. The molecule has 0 radical (unpaired) electrons. The molecule has 19 heavy (non-hydrogen) atoms. The van der Waals surface area contributed by atoms with Crippen LogP contribution < -0.4 is 10.1 Å². The highest BCUT2D eigenvalue weighted by molar-refractivity contribution is 5.39. The quantitative estimate of drug-likeness (QED) is 0.919. The molecule has 0 amide bonds. The smallest absolute Gasteiger partial charge is 0.250 e. The Balaban J connectivity index is 2.05. The molecule has 0 aliphatic heterocycles. The van der Waals surface area contributed by atoms with Crippen molar-refractivity contribution in [1.82, 2.24) is 9.97 Å². The van der Waals surface area contributed by atoms with Crippen LogP contribution in [0.5, 0.6) is 5.88 Å². The van der Waals surface area contributed by atoms with E-state index in [1.54, 1.807) is 6.20 Å². The summed E-state index contributed by atoms with van der Waals surface area (Å²) in [6.45, 7) is 4.42. The summed E-state index contributed by atoms with van der Waals surface area (Å²) in [5.74, 6) is 0.308. The summed E-state index contributed by atoms with van der Waals surface area (Å²) < 4.78 is 18.2. The summed E-state index contributed by atoms with van der Waals surface area (Å²) in [5, 5.41) is 3.14. The number of aromatic nitrogens is 2. The predicted octanol–water partition coefficient (Wildman–Crippen LogP) is 2.85. The van der Waals surface area contributed by atoms with Gasteiger partial charge < -0.3 is 10.1 Å². The Kier molecular flexibility index (Phi) is 3.94. The molecular weight excluding hydrogens is 245 g/mol. The Labute approximate surface area is 111 Å². The van der Waals surface area contributed by atoms with Gasteiger partial charge in [-0.1, -0.05) is 6.07 Å². The fraction of sp³-hybridized carbons (Fsp3) is 0.286. The normalized spacial score (nSPS) is 10.3. The van der Waals surface area contributed by atoms with E-state index in [1.807, 2.05) is 26.0 Å². The summed E-state index contributed by atoms with van der Waals surface area (Å²) in [6.07, 6.45) is 1.58. The van der Waals surface area contributed by atoms with Crippen molar-refractivity contribution < 1.29 is 9.13 Å². The second-order valence-electron chi connectivity index (χ2n) is 4.29. The zero-order valence-electron chi connectivity index (χ0n) is 11.2. The third-order valence-electron chi connectivity index (χ3n) is 2.88. The van der Waals surface area contributed by atoms with Gasteiger partial charge in [-0.3, -0.25) is 0 Å². The maximum atomic E-state index is 13.5. The van der Waals surface area contributed by atoms with Crippen molar-refractivity contribution in [3.63, 3.8) is 0 Å². The van der Waals surface area contributed by atoms with E-state index in [-0.39, 0.29) is 5.88 Å². The number of anilines is 1. The van der Waals surface area contributed by atoms with Gasteiger partial charge in [0.25, 0.3) is 0 Å². The largest absolute Gasteiger partial charge is 0.479 e. The van der Waals surface area contributed by atoms with Gasteiger partial charge in [-0.15, -0.1) is 0 Å². The van der Waals surface area contributed by atoms with E-state index in [0.29, 0.717) is 6.54 Å². The van der Waals surface area contributed by atoms with E-state index >= 15 is 0 Å². The van der Waals surface area contributed by atoms with Gasteiger partial charge in [0.05, 0.1) is 7.11 Å². The van der Waals surface area contributed by atoms with E-state index in [9.17, 15) is 4.39 Å². The van der Waals surface area contributed by atoms with E-state index in [4.69, 9.17) is 4.74 Å². The van der Waals surface area contributed by atoms with Gasteiger partial charge in [0.1, 0.15) is 5.82 Å². The van der Waals surface area contributed by atoms with Crippen LogP contribution in [-0.4, -0.2) is 17.1 Å². The first kappa shape index (κ1) is 13.3. The molecule has 0 fully saturated rings. The molecule has 2 rings (SSSR count). The summed E-state index contributed by atoms with van der Waals surface area (Å²) in [4.78, 5) is 8.28. The molecule has 0 aliphatic rings. The molecule has 0 aromatic carbocycles. The molecule has 0 saturated carbocycles. The van der Waals surface area contributed by atoms with Crippen LogP contribution in [0.15, 0.2) is 24.4 Å². The molecule has 0 saturated heterocycles. The number of halogens is 1. The van der Waals surface area contributed by atoms with Gasteiger partial charge in [-0.05, 0) is 37.1 Å². The topological polar surface area (TPSA) is 47.0 Å². The summed E-state index contributed by atoms with van der Waals surface area (Å²) >= 11 is 0. The minimum absolute atomic E-state index is 0.00746. The first-order valence-corrected chi connectivity index (χ1v) is 5.96. The predicted molar refractivity (Wildman–Crippen MR) is 71.8 cm³/mol. The third kappa shape index (κ3) is 3.19. The van der Waals surface area contributed by atoms with E-state index < -0.39 is 5.82 Å². The lowest BCUT2D eigenvalue weighted by molar-refractivity contribution is 0.368. The van der Waals surface area contributed by atoms with Crippen LogP contribution in [0.4, 0.5) is 10.2 Å². The molecule has 0 aliphatic carbocycles. The van der Waals surface area contributed by atoms with Crippen molar-refractivity contribution in [2.24, 2.45) is 0 Å². The SMILES string of the molecule is COc1ncc(CNc2ccc(C)c(C)n2)cc1F. The van der Waals surface area contributed by atoms with Crippen LogP contribution in [0.25, 0.3) is 0 Å². The number of ether oxygens (including phenoxy) is 1. The maximum absolute atomic E-state index is 13.5. The van der Waals surface area contributed by atoms with Crippen LogP contribution in [0.2, 0.25) is 0 Å². The van der Waals surface area contributed by atoms with Crippen LogP contribution in [0.3, 0.4) is 0 Å². The molecular formula is C14H16FN3O. The van der Waals surface area contributed by atoms with Gasteiger partial charge in [-0.25, -0.2) is 14.4 Å². The fourth-order valence-electron chi connectivity index (χ4n) is 1.63. The van der Waals surface area contributed by atoms with Crippen LogP contribution in [-0.2, 0) is 6.54 Å². The Morgan fingerprint density at radius 3 is 2.74 bits per heavy atom. The summed E-state index contributed by atoms with van der Waals surface area (Å²) in [5.41, 5.74) is 2.85. The Bertz CT molecular complexity index is 587. The van der Waals surface area contributed by atoms with Crippen molar-refractivity contribution in [1.29, 1.82) is 0 Å². The lowest BCUT2D eigenvalue weighted by Gasteiger charge is -2.08. The van der Waals surface area contributed by atoms with Gasteiger partial charge in [0.15, 0.2) is 5.82 Å². The molecule has 0 spiro atoms. The molecule has 5 heteroatoms. The van der Waals surface area contributed by atoms with Crippen molar-refractivity contribution in [2.75, 3.05) is 12.4 Å². The number of aryl methyl sites for hydroxylation is 2. The van der Waals surface area contributed by atoms with E-state index in [1.165, 1.54) is 13.2 Å². The average molecular weight is 261 g/mol. The number of hydrogen-bond donors (Lipinski definition) is 1.